The monoisotopic (exact) mass is 298 g/mol. The third kappa shape index (κ3) is 4.65. The average Bonchev–Trinajstić information content (AvgIpc) is 2.38. The van der Waals surface area contributed by atoms with Crippen molar-refractivity contribution in [1.82, 2.24) is 5.32 Å². The molecule has 110 valence electrons. The van der Waals surface area contributed by atoms with Gasteiger partial charge in [0.1, 0.15) is 5.75 Å². The van der Waals surface area contributed by atoms with Gasteiger partial charge in [0, 0.05) is 17.9 Å². The van der Waals surface area contributed by atoms with Crippen molar-refractivity contribution < 1.29 is 19.4 Å². The third-order valence-corrected chi connectivity index (χ3v) is 3.33. The number of ether oxygens (including phenoxy) is 1. The van der Waals surface area contributed by atoms with Gasteiger partial charge in [-0.2, -0.15) is 11.8 Å². The maximum absolute atomic E-state index is 11.8. The predicted octanol–water partition coefficient (Wildman–Crippen LogP) is 2.27. The van der Waals surface area contributed by atoms with E-state index in [1.54, 1.807) is 11.8 Å². The lowest BCUT2D eigenvalue weighted by molar-refractivity contribution is 0.0698. The summed E-state index contributed by atoms with van der Waals surface area (Å²) in [4.78, 5) is 22.9. The van der Waals surface area contributed by atoms with Crippen LogP contribution in [0.3, 0.4) is 0 Å². The zero-order chi connectivity index (χ0) is 15.1. The molecule has 0 radical (unpaired) electrons. The van der Waals surface area contributed by atoms with E-state index in [2.05, 4.69) is 10.6 Å². The van der Waals surface area contributed by atoms with Crippen molar-refractivity contribution in [2.75, 3.05) is 24.4 Å². The van der Waals surface area contributed by atoms with Crippen LogP contribution in [0.25, 0.3) is 0 Å². The van der Waals surface area contributed by atoms with Gasteiger partial charge in [-0.25, -0.2) is 9.59 Å². The van der Waals surface area contributed by atoms with Gasteiger partial charge >= 0.3 is 12.0 Å². The van der Waals surface area contributed by atoms with Crippen LogP contribution < -0.4 is 15.4 Å². The van der Waals surface area contributed by atoms with Crippen molar-refractivity contribution in [2.45, 2.75) is 13.0 Å². The third-order valence-electron chi connectivity index (χ3n) is 2.50. The fraction of sp³-hybridized carbons (Fsp3) is 0.385. The molecule has 7 heteroatoms. The van der Waals surface area contributed by atoms with Crippen molar-refractivity contribution in [2.24, 2.45) is 0 Å². The molecule has 0 aliphatic rings. The predicted molar refractivity (Wildman–Crippen MR) is 80.0 cm³/mol. The number of aromatic carboxylic acids is 1. The van der Waals surface area contributed by atoms with Crippen LogP contribution in [0.2, 0.25) is 0 Å². The van der Waals surface area contributed by atoms with Crippen LogP contribution in [0.15, 0.2) is 18.2 Å². The lowest BCUT2D eigenvalue weighted by Crippen LogP contribution is -2.37. The van der Waals surface area contributed by atoms with Gasteiger partial charge in [-0.05, 0) is 25.3 Å². The minimum Gasteiger partial charge on any atom is -0.497 e. The first kappa shape index (κ1) is 16.2. The summed E-state index contributed by atoms with van der Waals surface area (Å²) in [6, 6.07) is 3.94. The number of methoxy groups -OCH3 is 1. The molecule has 0 aliphatic carbocycles. The molecule has 20 heavy (non-hydrogen) atoms. The summed E-state index contributed by atoms with van der Waals surface area (Å²) >= 11 is 1.62. The van der Waals surface area contributed by atoms with E-state index in [1.165, 1.54) is 25.3 Å². The number of hydrogen-bond acceptors (Lipinski definition) is 4. The van der Waals surface area contributed by atoms with E-state index in [0.29, 0.717) is 5.75 Å². The van der Waals surface area contributed by atoms with E-state index in [0.717, 1.165) is 5.75 Å². The molecule has 0 bridgehead atoms. The number of rotatable bonds is 6. The summed E-state index contributed by atoms with van der Waals surface area (Å²) in [5.41, 5.74) is 0.212. The second kappa shape index (κ2) is 7.64. The van der Waals surface area contributed by atoms with Gasteiger partial charge in [0.25, 0.3) is 0 Å². The molecule has 1 atom stereocenters. The molecule has 0 saturated heterocycles. The van der Waals surface area contributed by atoms with Crippen LogP contribution >= 0.6 is 11.8 Å². The van der Waals surface area contributed by atoms with E-state index in [4.69, 9.17) is 9.84 Å². The number of anilines is 1. The van der Waals surface area contributed by atoms with Gasteiger partial charge in [-0.1, -0.05) is 0 Å². The quantitative estimate of drug-likeness (QED) is 0.750. The fourth-order valence-electron chi connectivity index (χ4n) is 1.61. The topological polar surface area (TPSA) is 87.7 Å². The number of hydrogen-bond donors (Lipinski definition) is 3. The van der Waals surface area contributed by atoms with Crippen LogP contribution in [0.5, 0.6) is 5.75 Å². The number of thioether (sulfide) groups is 1. The Morgan fingerprint density at radius 2 is 2.15 bits per heavy atom. The molecule has 1 aromatic carbocycles. The van der Waals surface area contributed by atoms with Crippen LogP contribution in [-0.4, -0.2) is 42.3 Å². The summed E-state index contributed by atoms with van der Waals surface area (Å²) in [5.74, 6) is 0.139. The number of amides is 2. The smallest absolute Gasteiger partial charge is 0.337 e. The van der Waals surface area contributed by atoms with Crippen molar-refractivity contribution in [1.29, 1.82) is 0 Å². The molecule has 0 aliphatic heterocycles. The van der Waals surface area contributed by atoms with E-state index in [1.807, 2.05) is 13.2 Å². The highest BCUT2D eigenvalue weighted by Crippen LogP contribution is 2.22. The SMILES string of the molecule is COc1ccc(C(=O)O)c(NC(=O)NC(C)CSC)c1. The maximum atomic E-state index is 11.8. The Morgan fingerprint density at radius 3 is 2.70 bits per heavy atom. The van der Waals surface area contributed by atoms with E-state index in [-0.39, 0.29) is 17.3 Å². The maximum Gasteiger partial charge on any atom is 0.337 e. The first-order valence-electron chi connectivity index (χ1n) is 5.95. The summed E-state index contributed by atoms with van der Waals surface area (Å²) < 4.78 is 5.02. The Bertz CT molecular complexity index is 493. The number of benzene rings is 1. The van der Waals surface area contributed by atoms with Crippen molar-refractivity contribution in [3.63, 3.8) is 0 Å². The molecule has 0 saturated carbocycles. The molecule has 0 aromatic heterocycles. The number of carboxylic acids is 1. The van der Waals surface area contributed by atoms with Gasteiger partial charge < -0.3 is 20.5 Å². The van der Waals surface area contributed by atoms with Gasteiger partial charge in [-0.15, -0.1) is 0 Å². The number of carboxylic acid groups (broad SMARTS) is 1. The molecule has 2 amide bonds. The largest absolute Gasteiger partial charge is 0.497 e. The summed E-state index contributed by atoms with van der Waals surface area (Å²) in [5, 5.41) is 14.4. The second-order valence-electron chi connectivity index (χ2n) is 4.17. The first-order valence-corrected chi connectivity index (χ1v) is 7.35. The van der Waals surface area contributed by atoms with Crippen LogP contribution in [0, 0.1) is 0 Å². The zero-order valence-electron chi connectivity index (χ0n) is 11.6. The normalized spacial score (nSPS) is 11.6. The van der Waals surface area contributed by atoms with Crippen LogP contribution in [0.1, 0.15) is 17.3 Å². The molecule has 0 heterocycles. The molecule has 1 aromatic rings. The molecule has 0 spiro atoms. The van der Waals surface area contributed by atoms with Crippen LogP contribution in [0.4, 0.5) is 10.5 Å². The van der Waals surface area contributed by atoms with Gasteiger partial charge in [-0.3, -0.25) is 0 Å². The molecule has 3 N–H and O–H groups in total. The van der Waals surface area contributed by atoms with Crippen molar-refractivity contribution in [3.8, 4) is 5.75 Å². The Kier molecular flexibility index (Phi) is 6.17. The molecule has 1 unspecified atom stereocenters. The van der Waals surface area contributed by atoms with Crippen molar-refractivity contribution >= 4 is 29.4 Å². The molecular weight excluding hydrogens is 280 g/mol. The van der Waals surface area contributed by atoms with Gasteiger partial charge in [0.2, 0.25) is 0 Å². The Morgan fingerprint density at radius 1 is 1.45 bits per heavy atom. The second-order valence-corrected chi connectivity index (χ2v) is 5.08. The van der Waals surface area contributed by atoms with E-state index < -0.39 is 12.0 Å². The highest BCUT2D eigenvalue weighted by Gasteiger charge is 2.14. The van der Waals surface area contributed by atoms with Crippen molar-refractivity contribution in [3.05, 3.63) is 23.8 Å². The Balaban J connectivity index is 2.84. The molecule has 6 nitrogen and oxygen atoms in total. The van der Waals surface area contributed by atoms with Crippen LogP contribution in [-0.2, 0) is 0 Å². The standard InChI is InChI=1S/C13H18N2O4S/c1-8(7-20-3)14-13(18)15-11-6-9(19-2)4-5-10(11)12(16)17/h4-6,8H,7H2,1-3H3,(H,16,17)(H2,14,15,18). The minimum atomic E-state index is -1.11. The van der Waals surface area contributed by atoms with Gasteiger partial charge in [0.15, 0.2) is 0 Å². The number of nitrogens with one attached hydrogen (secondary N) is 2. The average molecular weight is 298 g/mol. The molecular formula is C13H18N2O4S. The Labute approximate surface area is 121 Å². The fourth-order valence-corrected chi connectivity index (χ4v) is 2.20. The zero-order valence-corrected chi connectivity index (χ0v) is 12.4. The first-order chi connectivity index (χ1) is 9.47. The molecule has 0 fully saturated rings. The highest BCUT2D eigenvalue weighted by molar-refractivity contribution is 7.98. The molecule has 1 rings (SSSR count). The Hall–Kier alpha value is -1.89. The van der Waals surface area contributed by atoms with Gasteiger partial charge in [0.05, 0.1) is 18.4 Å². The van der Waals surface area contributed by atoms with E-state index >= 15 is 0 Å². The number of carbonyl (C=O) groups is 2. The lowest BCUT2D eigenvalue weighted by Gasteiger charge is -2.15. The number of urea groups is 1. The lowest BCUT2D eigenvalue weighted by atomic mass is 10.1. The highest BCUT2D eigenvalue weighted by atomic mass is 32.2. The number of carbonyl (C=O) groups excluding carboxylic acids is 1. The minimum absolute atomic E-state index is 0.0103. The summed E-state index contributed by atoms with van der Waals surface area (Å²) in [6.45, 7) is 1.87. The van der Waals surface area contributed by atoms with E-state index in [9.17, 15) is 9.59 Å². The summed E-state index contributed by atoms with van der Waals surface area (Å²) in [7, 11) is 1.47. The summed E-state index contributed by atoms with van der Waals surface area (Å²) in [6.07, 6.45) is 1.95.